The lowest BCUT2D eigenvalue weighted by atomic mass is 9.46. The lowest BCUT2D eigenvalue weighted by molar-refractivity contribution is -0.134. The molecule has 0 aromatic carbocycles. The first-order chi connectivity index (χ1) is 13.0. The van der Waals surface area contributed by atoms with Crippen LogP contribution < -0.4 is 0 Å². The first-order valence-electron chi connectivity index (χ1n) is 10.4. The van der Waals surface area contributed by atoms with Crippen LogP contribution in [-0.2, 0) is 9.59 Å². The largest absolute Gasteiger partial charge is 0.503 e. The highest BCUT2D eigenvalue weighted by molar-refractivity contribution is 5.92. The summed E-state index contributed by atoms with van der Waals surface area (Å²) in [5, 5.41) is 24.7. The fourth-order valence-electron chi connectivity index (χ4n) is 7.28. The molecule has 0 aromatic heterocycles. The summed E-state index contributed by atoms with van der Waals surface area (Å²) >= 11 is 0. The minimum absolute atomic E-state index is 0.0894. The van der Waals surface area contributed by atoms with E-state index in [1.807, 2.05) is 6.08 Å². The van der Waals surface area contributed by atoms with Gasteiger partial charge in [-0.1, -0.05) is 19.4 Å². The third kappa shape index (κ3) is 3.19. The van der Waals surface area contributed by atoms with Gasteiger partial charge in [0.15, 0.2) is 5.78 Å². The van der Waals surface area contributed by atoms with E-state index in [0.717, 1.165) is 38.5 Å². The molecule has 28 heavy (non-hydrogen) atoms. The van der Waals surface area contributed by atoms with E-state index in [0.29, 0.717) is 23.5 Å². The standard InChI is InChI=1S/C21H30O3.CH2O3/c1-12(22)16-6-7-17-15-5-4-13-10-14(23)11-19(24)21(13,3)18(15)8-9-20(16,17)2;2-1(3)4/h10,15-19,24H,4-9,11H2,1-3H3;(H2,2,3,4)/t15-,16+,17-,18-,19?,20+,21-;/m0./s1. The van der Waals surface area contributed by atoms with Crippen LogP contribution in [0.4, 0.5) is 4.79 Å². The van der Waals surface area contributed by atoms with Crippen LogP contribution in [0.1, 0.15) is 65.7 Å². The zero-order valence-electron chi connectivity index (χ0n) is 17.0. The number of carboxylic acid groups (broad SMARTS) is 2. The molecule has 6 nitrogen and oxygen atoms in total. The summed E-state index contributed by atoms with van der Waals surface area (Å²) in [6, 6.07) is 0. The van der Waals surface area contributed by atoms with Gasteiger partial charge >= 0.3 is 6.16 Å². The van der Waals surface area contributed by atoms with E-state index in [1.54, 1.807) is 6.92 Å². The summed E-state index contributed by atoms with van der Waals surface area (Å²) in [6.07, 6.45) is 6.19. The predicted molar refractivity (Wildman–Crippen MR) is 103 cm³/mol. The molecule has 1 unspecified atom stereocenters. The molecule has 0 spiro atoms. The van der Waals surface area contributed by atoms with Gasteiger partial charge in [0.1, 0.15) is 5.78 Å². The summed E-state index contributed by atoms with van der Waals surface area (Å²) in [5.41, 5.74) is 1.11. The average Bonchev–Trinajstić information content (AvgIpc) is 2.93. The molecule has 0 radical (unpaired) electrons. The first-order valence-corrected chi connectivity index (χ1v) is 10.4. The molecule has 0 aromatic rings. The van der Waals surface area contributed by atoms with Crippen molar-refractivity contribution in [2.75, 3.05) is 0 Å². The van der Waals surface area contributed by atoms with E-state index >= 15 is 0 Å². The molecule has 0 amide bonds. The SMILES string of the molecule is CC(=O)[C@H]1CC[C@H]2[C@@H]3CCC4=CC(=O)CC(O)[C@]4(C)[C@H]3CC[C@]12C.O=C(O)O. The highest BCUT2D eigenvalue weighted by Gasteiger charge is 2.61. The van der Waals surface area contributed by atoms with Gasteiger partial charge in [-0.2, -0.15) is 0 Å². The molecule has 0 heterocycles. The summed E-state index contributed by atoms with van der Waals surface area (Å²) < 4.78 is 0. The first kappa shape index (κ1) is 21.0. The van der Waals surface area contributed by atoms with Crippen molar-refractivity contribution >= 4 is 17.7 Å². The molecule has 3 N–H and O–H groups in total. The minimum Gasteiger partial charge on any atom is -0.450 e. The van der Waals surface area contributed by atoms with Crippen molar-refractivity contribution in [3.8, 4) is 0 Å². The molecule has 3 fully saturated rings. The molecule has 4 aliphatic carbocycles. The second kappa shape index (κ2) is 7.29. The van der Waals surface area contributed by atoms with Crippen LogP contribution in [-0.4, -0.2) is 39.1 Å². The number of fused-ring (bicyclic) bond motifs is 5. The number of ketones is 2. The van der Waals surface area contributed by atoms with Crippen LogP contribution in [0.2, 0.25) is 0 Å². The fraction of sp³-hybridized carbons (Fsp3) is 0.773. The number of Topliss-reactive ketones (excluding diaryl/α,β-unsaturated/α-hetero) is 1. The van der Waals surface area contributed by atoms with Crippen molar-refractivity contribution in [2.45, 2.75) is 71.8 Å². The maximum absolute atomic E-state index is 12.2. The van der Waals surface area contributed by atoms with E-state index in [1.165, 1.54) is 5.57 Å². The molecule has 3 saturated carbocycles. The summed E-state index contributed by atoms with van der Waals surface area (Å²) in [7, 11) is 0. The number of hydrogen-bond donors (Lipinski definition) is 3. The Morgan fingerprint density at radius 2 is 1.71 bits per heavy atom. The topological polar surface area (TPSA) is 112 Å². The van der Waals surface area contributed by atoms with Crippen LogP contribution in [0.3, 0.4) is 0 Å². The Balaban J connectivity index is 0.000000516. The summed E-state index contributed by atoms with van der Waals surface area (Å²) in [5.74, 6) is 2.35. The molecule has 4 rings (SSSR count). The number of aliphatic hydroxyl groups is 1. The Labute approximate surface area is 166 Å². The van der Waals surface area contributed by atoms with Gasteiger partial charge in [0.2, 0.25) is 0 Å². The Morgan fingerprint density at radius 3 is 2.32 bits per heavy atom. The predicted octanol–water partition coefficient (Wildman–Crippen LogP) is 3.92. The third-order valence-electron chi connectivity index (χ3n) is 8.56. The summed E-state index contributed by atoms with van der Waals surface area (Å²) in [6.45, 7) is 6.32. The number of rotatable bonds is 1. The van der Waals surface area contributed by atoms with E-state index in [-0.39, 0.29) is 29.0 Å². The lowest BCUT2D eigenvalue weighted by Gasteiger charge is -2.59. The highest BCUT2D eigenvalue weighted by atomic mass is 16.6. The van der Waals surface area contributed by atoms with Gasteiger partial charge in [-0.15, -0.1) is 0 Å². The van der Waals surface area contributed by atoms with Crippen molar-refractivity contribution < 1.29 is 29.7 Å². The molecule has 156 valence electrons. The number of aliphatic hydroxyl groups excluding tert-OH is 1. The van der Waals surface area contributed by atoms with Crippen LogP contribution in [0.15, 0.2) is 11.6 Å². The van der Waals surface area contributed by atoms with Crippen molar-refractivity contribution in [2.24, 2.45) is 34.5 Å². The van der Waals surface area contributed by atoms with Crippen molar-refractivity contribution in [3.05, 3.63) is 11.6 Å². The van der Waals surface area contributed by atoms with Crippen molar-refractivity contribution in [1.29, 1.82) is 0 Å². The van der Waals surface area contributed by atoms with Gasteiger partial charge in [-0.05, 0) is 74.7 Å². The normalized spacial score (nSPS) is 44.2. The van der Waals surface area contributed by atoms with Crippen LogP contribution in [0.5, 0.6) is 0 Å². The van der Waals surface area contributed by atoms with E-state index in [4.69, 9.17) is 15.0 Å². The maximum atomic E-state index is 12.2. The zero-order chi connectivity index (χ0) is 20.9. The number of hydrogen-bond acceptors (Lipinski definition) is 4. The molecular formula is C22H32O6. The second-order valence-electron chi connectivity index (χ2n) is 9.62. The molecule has 4 aliphatic rings. The van der Waals surface area contributed by atoms with E-state index < -0.39 is 12.3 Å². The van der Waals surface area contributed by atoms with Gasteiger partial charge in [0.25, 0.3) is 0 Å². The van der Waals surface area contributed by atoms with Crippen LogP contribution in [0.25, 0.3) is 0 Å². The maximum Gasteiger partial charge on any atom is 0.503 e. The highest BCUT2D eigenvalue weighted by Crippen LogP contribution is 2.66. The Kier molecular flexibility index (Phi) is 5.47. The van der Waals surface area contributed by atoms with Gasteiger partial charge in [0.05, 0.1) is 6.10 Å². The monoisotopic (exact) mass is 392 g/mol. The van der Waals surface area contributed by atoms with E-state index in [2.05, 4.69) is 13.8 Å². The van der Waals surface area contributed by atoms with Crippen molar-refractivity contribution in [3.63, 3.8) is 0 Å². The van der Waals surface area contributed by atoms with Gasteiger partial charge in [0, 0.05) is 17.8 Å². The quantitative estimate of drug-likeness (QED) is 0.624. The van der Waals surface area contributed by atoms with E-state index in [9.17, 15) is 14.7 Å². The second-order valence-corrected chi connectivity index (χ2v) is 9.62. The van der Waals surface area contributed by atoms with Crippen LogP contribution in [0, 0.1) is 34.5 Å². The Hall–Kier alpha value is -1.69. The molecular weight excluding hydrogens is 360 g/mol. The third-order valence-corrected chi connectivity index (χ3v) is 8.56. The number of carbonyl (C=O) groups is 3. The van der Waals surface area contributed by atoms with Gasteiger partial charge < -0.3 is 15.3 Å². The van der Waals surface area contributed by atoms with Gasteiger partial charge in [-0.25, -0.2) is 4.79 Å². The van der Waals surface area contributed by atoms with Crippen LogP contribution >= 0.6 is 0 Å². The average molecular weight is 392 g/mol. The van der Waals surface area contributed by atoms with Crippen molar-refractivity contribution in [1.82, 2.24) is 0 Å². The molecule has 0 saturated heterocycles. The fourth-order valence-corrected chi connectivity index (χ4v) is 7.28. The molecule has 6 heteroatoms. The Morgan fingerprint density at radius 1 is 1.07 bits per heavy atom. The number of carbonyl (C=O) groups excluding carboxylic acids is 2. The molecule has 7 atom stereocenters. The molecule has 0 bridgehead atoms. The van der Waals surface area contributed by atoms with Gasteiger partial charge in [-0.3, -0.25) is 9.59 Å². The lowest BCUT2D eigenvalue weighted by Crippen LogP contribution is -2.55. The summed E-state index contributed by atoms with van der Waals surface area (Å²) in [4.78, 5) is 32.6. The zero-order valence-corrected chi connectivity index (χ0v) is 17.0. The molecule has 0 aliphatic heterocycles. The smallest absolute Gasteiger partial charge is 0.450 e. The Bertz CT molecular complexity index is 708. The minimum atomic E-state index is -1.83.